The maximum absolute atomic E-state index is 13.1. The van der Waals surface area contributed by atoms with E-state index in [9.17, 15) is 4.79 Å². The Labute approximate surface area is 147 Å². The molecule has 6 nitrogen and oxygen atoms in total. The summed E-state index contributed by atoms with van der Waals surface area (Å²) in [5, 5.41) is 10.7. The lowest BCUT2D eigenvalue weighted by atomic mass is 10.1. The van der Waals surface area contributed by atoms with Crippen molar-refractivity contribution >= 4 is 5.91 Å². The van der Waals surface area contributed by atoms with Gasteiger partial charge in [-0.3, -0.25) is 9.89 Å². The van der Waals surface area contributed by atoms with Crippen molar-refractivity contribution in [1.82, 2.24) is 20.4 Å². The first-order chi connectivity index (χ1) is 12.2. The zero-order valence-electron chi connectivity index (χ0n) is 14.5. The van der Waals surface area contributed by atoms with E-state index in [2.05, 4.69) is 28.5 Å². The van der Waals surface area contributed by atoms with Gasteiger partial charge in [-0.25, -0.2) is 0 Å². The second kappa shape index (κ2) is 5.73. The van der Waals surface area contributed by atoms with Crippen LogP contribution >= 0.6 is 0 Å². The summed E-state index contributed by atoms with van der Waals surface area (Å²) in [5.41, 5.74) is 2.71. The summed E-state index contributed by atoms with van der Waals surface area (Å²) in [4.78, 5) is 15.1. The first-order valence-electron chi connectivity index (χ1n) is 9.37. The first-order valence-corrected chi connectivity index (χ1v) is 9.37. The third kappa shape index (κ3) is 2.78. The topological polar surface area (TPSA) is 74.2 Å². The van der Waals surface area contributed by atoms with E-state index >= 15 is 0 Å². The lowest BCUT2D eigenvalue weighted by molar-refractivity contribution is 0.0709. The number of carbonyl (C=O) groups is 1. The Morgan fingerprint density at radius 2 is 2.24 bits per heavy atom. The van der Waals surface area contributed by atoms with Crippen molar-refractivity contribution in [3.05, 3.63) is 40.6 Å². The maximum atomic E-state index is 13.1. The normalized spacial score (nSPS) is 24.8. The molecule has 3 heterocycles. The molecule has 2 aromatic heterocycles. The van der Waals surface area contributed by atoms with Crippen molar-refractivity contribution in [1.29, 1.82) is 0 Å². The van der Waals surface area contributed by atoms with Gasteiger partial charge in [0, 0.05) is 42.7 Å². The van der Waals surface area contributed by atoms with Gasteiger partial charge >= 0.3 is 0 Å². The van der Waals surface area contributed by atoms with Crippen LogP contribution in [0, 0.1) is 5.92 Å². The number of hydrogen-bond acceptors (Lipinski definition) is 4. The van der Waals surface area contributed by atoms with Gasteiger partial charge in [0.25, 0.3) is 5.91 Å². The van der Waals surface area contributed by atoms with E-state index in [1.54, 1.807) is 0 Å². The van der Waals surface area contributed by atoms with E-state index in [-0.39, 0.29) is 5.91 Å². The van der Waals surface area contributed by atoms with Crippen LogP contribution in [0.4, 0.5) is 0 Å². The average molecular weight is 340 g/mol. The molecule has 2 saturated carbocycles. The molecule has 0 bridgehead atoms. The van der Waals surface area contributed by atoms with Crippen LogP contribution in [0.5, 0.6) is 0 Å². The zero-order valence-corrected chi connectivity index (χ0v) is 14.5. The molecular formula is C19H24N4O2. The molecule has 132 valence electrons. The number of amides is 1. The second-order valence-electron chi connectivity index (χ2n) is 7.74. The molecule has 2 atom stereocenters. The third-order valence-corrected chi connectivity index (χ3v) is 5.74. The fourth-order valence-corrected chi connectivity index (χ4v) is 3.86. The van der Waals surface area contributed by atoms with Crippen LogP contribution in [-0.4, -0.2) is 33.6 Å². The molecular weight excluding hydrogens is 316 g/mol. The Bertz CT molecular complexity index is 804. The number of hydrogen-bond donors (Lipinski definition) is 2. The maximum Gasteiger partial charge on any atom is 0.275 e. The highest BCUT2D eigenvalue weighted by molar-refractivity contribution is 5.94. The Balaban J connectivity index is 1.37. The van der Waals surface area contributed by atoms with Gasteiger partial charge in [0.1, 0.15) is 11.5 Å². The van der Waals surface area contributed by atoms with Crippen LogP contribution in [-0.2, 0) is 19.5 Å². The SMILES string of the molecule is CC1CC1c1ccc(CN(C(=O)c2n[nH]c3c2CNCC3)C2CC2)o1. The zero-order chi connectivity index (χ0) is 17.0. The van der Waals surface area contributed by atoms with Gasteiger partial charge in [0.05, 0.1) is 6.54 Å². The van der Waals surface area contributed by atoms with E-state index in [0.717, 1.165) is 61.0 Å². The second-order valence-corrected chi connectivity index (χ2v) is 7.74. The van der Waals surface area contributed by atoms with Crippen molar-refractivity contribution in [3.8, 4) is 0 Å². The highest BCUT2D eigenvalue weighted by Crippen LogP contribution is 2.47. The summed E-state index contributed by atoms with van der Waals surface area (Å²) >= 11 is 0. The smallest absolute Gasteiger partial charge is 0.275 e. The molecule has 0 saturated heterocycles. The Morgan fingerprint density at radius 3 is 3.00 bits per heavy atom. The number of H-pyrrole nitrogens is 1. The average Bonchev–Trinajstić information content (AvgIpc) is 3.50. The van der Waals surface area contributed by atoms with Gasteiger partial charge in [-0.15, -0.1) is 0 Å². The van der Waals surface area contributed by atoms with Gasteiger partial charge in [0.2, 0.25) is 0 Å². The Hall–Kier alpha value is -2.08. The van der Waals surface area contributed by atoms with E-state index in [0.29, 0.717) is 24.2 Å². The molecule has 0 spiro atoms. The van der Waals surface area contributed by atoms with E-state index < -0.39 is 0 Å². The summed E-state index contributed by atoms with van der Waals surface area (Å²) in [6.45, 7) is 4.45. The number of nitrogens with zero attached hydrogens (tertiary/aromatic N) is 2. The van der Waals surface area contributed by atoms with Crippen LogP contribution in [0.25, 0.3) is 0 Å². The minimum Gasteiger partial charge on any atom is -0.464 e. The molecule has 1 aliphatic heterocycles. The molecule has 2 N–H and O–H groups in total. The van der Waals surface area contributed by atoms with Crippen LogP contribution in [0.15, 0.2) is 16.5 Å². The molecule has 2 aromatic rings. The highest BCUT2D eigenvalue weighted by Gasteiger charge is 2.38. The molecule has 2 fully saturated rings. The monoisotopic (exact) mass is 340 g/mol. The number of fused-ring (bicyclic) bond motifs is 1. The molecule has 0 radical (unpaired) electrons. The summed E-state index contributed by atoms with van der Waals surface area (Å²) in [7, 11) is 0. The molecule has 3 aliphatic rings. The minimum absolute atomic E-state index is 0.0291. The van der Waals surface area contributed by atoms with Gasteiger partial charge < -0.3 is 14.6 Å². The lowest BCUT2D eigenvalue weighted by Gasteiger charge is -2.21. The highest BCUT2D eigenvalue weighted by atomic mass is 16.3. The van der Waals surface area contributed by atoms with E-state index in [1.807, 2.05) is 11.0 Å². The third-order valence-electron chi connectivity index (χ3n) is 5.74. The summed E-state index contributed by atoms with van der Waals surface area (Å²) in [5.74, 6) is 3.29. The molecule has 6 heteroatoms. The van der Waals surface area contributed by atoms with Crippen molar-refractivity contribution in [2.24, 2.45) is 5.92 Å². The Kier molecular flexibility index (Phi) is 3.48. The standard InChI is InChI=1S/C19H24N4O2/c1-11-8-14(11)17-5-4-13(25-17)10-23(12-2-3-12)19(24)18-15-9-20-7-6-16(15)21-22-18/h4-5,11-12,14,20H,2-3,6-10H2,1H3,(H,21,22). The number of carbonyl (C=O) groups excluding carboxylic acids is 1. The molecule has 0 aromatic carbocycles. The minimum atomic E-state index is 0.0291. The molecule has 2 aliphatic carbocycles. The summed E-state index contributed by atoms with van der Waals surface area (Å²) < 4.78 is 6.03. The van der Waals surface area contributed by atoms with Crippen LogP contribution in [0.2, 0.25) is 0 Å². The van der Waals surface area contributed by atoms with Gasteiger partial charge in [-0.2, -0.15) is 5.10 Å². The number of aromatic amines is 1. The van der Waals surface area contributed by atoms with Crippen LogP contribution in [0.1, 0.15) is 65.4 Å². The van der Waals surface area contributed by atoms with Gasteiger partial charge in [0.15, 0.2) is 5.69 Å². The molecule has 25 heavy (non-hydrogen) atoms. The van der Waals surface area contributed by atoms with Gasteiger partial charge in [-0.05, 0) is 37.3 Å². The summed E-state index contributed by atoms with van der Waals surface area (Å²) in [6, 6.07) is 4.44. The van der Waals surface area contributed by atoms with E-state index in [4.69, 9.17) is 4.42 Å². The number of furan rings is 1. The summed E-state index contributed by atoms with van der Waals surface area (Å²) in [6.07, 6.45) is 4.26. The Morgan fingerprint density at radius 1 is 1.40 bits per heavy atom. The molecule has 1 amide bonds. The quantitative estimate of drug-likeness (QED) is 0.877. The van der Waals surface area contributed by atoms with Crippen molar-refractivity contribution in [3.63, 3.8) is 0 Å². The number of nitrogens with one attached hydrogen (secondary N) is 2. The molecule has 5 rings (SSSR count). The lowest BCUT2D eigenvalue weighted by Crippen LogP contribution is -2.34. The molecule has 2 unspecified atom stereocenters. The first kappa shape index (κ1) is 15.2. The van der Waals surface area contributed by atoms with E-state index in [1.165, 1.54) is 6.42 Å². The number of aromatic nitrogens is 2. The fraction of sp³-hybridized carbons (Fsp3) is 0.579. The van der Waals surface area contributed by atoms with Crippen molar-refractivity contribution in [2.45, 2.75) is 57.7 Å². The van der Waals surface area contributed by atoms with Crippen LogP contribution < -0.4 is 5.32 Å². The largest absolute Gasteiger partial charge is 0.464 e. The fourth-order valence-electron chi connectivity index (χ4n) is 3.86. The van der Waals surface area contributed by atoms with Crippen LogP contribution in [0.3, 0.4) is 0 Å². The predicted octanol–water partition coefficient (Wildman–Crippen LogP) is 2.58. The van der Waals surface area contributed by atoms with Crippen molar-refractivity contribution in [2.75, 3.05) is 6.54 Å². The van der Waals surface area contributed by atoms with Gasteiger partial charge in [-0.1, -0.05) is 6.92 Å². The predicted molar refractivity (Wildman–Crippen MR) is 92.1 cm³/mol. The number of rotatable bonds is 5. The van der Waals surface area contributed by atoms with Crippen molar-refractivity contribution < 1.29 is 9.21 Å².